The van der Waals surface area contributed by atoms with E-state index in [2.05, 4.69) is 20.9 Å². The fraction of sp³-hybridized carbons (Fsp3) is 0.250. The average molecular weight is 343 g/mol. The van der Waals surface area contributed by atoms with Crippen LogP contribution in [-0.4, -0.2) is 35.3 Å². The van der Waals surface area contributed by atoms with Gasteiger partial charge < -0.3 is 14.6 Å². The van der Waals surface area contributed by atoms with Crippen molar-refractivity contribution in [2.45, 2.75) is 0 Å². The molecule has 0 unspecified atom stereocenters. The van der Waals surface area contributed by atoms with Gasteiger partial charge in [0.1, 0.15) is 18.6 Å². The van der Waals surface area contributed by atoms with Crippen LogP contribution in [-0.2, 0) is 4.74 Å². The molecule has 2 rings (SSSR count). The summed E-state index contributed by atoms with van der Waals surface area (Å²) in [6.07, 6.45) is 1.02. The molecule has 0 fully saturated rings. The smallest absolute Gasteiger partial charge is 0.329 e. The number of hydrogen-bond acceptors (Lipinski definition) is 6. The third-order valence-corrected chi connectivity index (χ3v) is 3.24. The topological polar surface area (TPSA) is 94.7 Å². The molecule has 7 nitrogen and oxygen atoms in total. The highest BCUT2D eigenvalue weighted by atomic mass is 79.9. The summed E-state index contributed by atoms with van der Waals surface area (Å²) in [7, 11) is 1.55. The van der Waals surface area contributed by atoms with Crippen molar-refractivity contribution in [3.8, 4) is 11.5 Å². The van der Waals surface area contributed by atoms with Gasteiger partial charge in [-0.05, 0) is 28.1 Å². The van der Waals surface area contributed by atoms with E-state index in [4.69, 9.17) is 9.47 Å². The normalized spacial score (nSPS) is 10.7. The summed E-state index contributed by atoms with van der Waals surface area (Å²) in [6, 6.07) is 3.13. The number of aromatic nitrogens is 1. The van der Waals surface area contributed by atoms with Crippen LogP contribution < -0.4 is 4.74 Å². The fourth-order valence-corrected chi connectivity index (χ4v) is 2.09. The summed E-state index contributed by atoms with van der Waals surface area (Å²) in [4.78, 5) is 14.0. The van der Waals surface area contributed by atoms with E-state index in [-0.39, 0.29) is 5.39 Å². The lowest BCUT2D eigenvalue weighted by molar-refractivity contribution is -0.386. The zero-order valence-corrected chi connectivity index (χ0v) is 12.1. The number of fused-ring (bicyclic) bond motifs is 1. The predicted octanol–water partition coefficient (Wildman–Crippen LogP) is 2.64. The molecule has 1 heterocycles. The van der Waals surface area contributed by atoms with Crippen molar-refractivity contribution in [2.75, 3.05) is 20.3 Å². The number of aromatic hydroxyl groups is 1. The van der Waals surface area contributed by atoms with Gasteiger partial charge >= 0.3 is 5.69 Å². The number of nitrogens with zero attached hydrogens (tertiary/aromatic N) is 2. The Hall–Kier alpha value is -1.93. The first-order chi connectivity index (χ1) is 9.54. The first kappa shape index (κ1) is 14.5. The molecule has 0 amide bonds. The van der Waals surface area contributed by atoms with E-state index in [9.17, 15) is 15.2 Å². The molecule has 20 heavy (non-hydrogen) atoms. The summed E-state index contributed by atoms with van der Waals surface area (Å²) < 4.78 is 11.0. The van der Waals surface area contributed by atoms with Gasteiger partial charge in [-0.15, -0.1) is 0 Å². The van der Waals surface area contributed by atoms with E-state index in [1.54, 1.807) is 13.2 Å². The molecule has 0 aliphatic heterocycles. The third kappa shape index (κ3) is 2.81. The summed E-state index contributed by atoms with van der Waals surface area (Å²) in [6.45, 7) is 0.730. The summed E-state index contributed by atoms with van der Waals surface area (Å²) in [5.74, 6) is 0.0243. The monoisotopic (exact) mass is 342 g/mol. The Kier molecular flexibility index (Phi) is 4.35. The minimum Gasteiger partial charge on any atom is -0.502 e. The standard InChI is InChI=1S/C12H11BrN2O5/c1-19-2-3-20-11-4-7-9(5-8(11)13)14-6-10(12(7)16)15(17)18/h4-6H,2-3H2,1H3,(H,14,16). The minimum absolute atomic E-state index is 0.259. The van der Waals surface area contributed by atoms with Gasteiger partial charge in [0.25, 0.3) is 0 Å². The molecule has 0 spiro atoms. The van der Waals surface area contributed by atoms with Gasteiger partial charge in [-0.3, -0.25) is 10.1 Å². The molecule has 0 bridgehead atoms. The molecule has 0 aliphatic rings. The van der Waals surface area contributed by atoms with Gasteiger partial charge in [-0.2, -0.15) is 0 Å². The zero-order valence-electron chi connectivity index (χ0n) is 10.5. The Morgan fingerprint density at radius 1 is 1.45 bits per heavy atom. The Morgan fingerprint density at radius 3 is 2.85 bits per heavy atom. The molecule has 0 aliphatic carbocycles. The molecule has 106 valence electrons. The second-order valence-corrected chi connectivity index (χ2v) is 4.74. The van der Waals surface area contributed by atoms with Crippen molar-refractivity contribution >= 4 is 32.5 Å². The predicted molar refractivity (Wildman–Crippen MR) is 75.1 cm³/mol. The van der Waals surface area contributed by atoms with Crippen molar-refractivity contribution in [1.29, 1.82) is 0 Å². The van der Waals surface area contributed by atoms with Crippen LogP contribution in [0.25, 0.3) is 10.9 Å². The SMILES string of the molecule is COCCOc1cc2c(O)c([N+](=O)[O-])cnc2cc1Br. The quantitative estimate of drug-likeness (QED) is 0.509. The van der Waals surface area contributed by atoms with Crippen molar-refractivity contribution in [1.82, 2.24) is 4.98 Å². The van der Waals surface area contributed by atoms with E-state index in [1.165, 1.54) is 6.07 Å². The maximum atomic E-state index is 10.8. The number of halogens is 1. The van der Waals surface area contributed by atoms with Crippen LogP contribution in [0, 0.1) is 10.1 Å². The number of pyridine rings is 1. The summed E-state index contributed by atoms with van der Waals surface area (Å²) in [5, 5.41) is 21.0. The highest BCUT2D eigenvalue weighted by Crippen LogP contribution is 2.37. The molecule has 1 aromatic heterocycles. The second-order valence-electron chi connectivity index (χ2n) is 3.89. The minimum atomic E-state index is -0.685. The number of rotatable bonds is 5. The van der Waals surface area contributed by atoms with E-state index in [0.29, 0.717) is 29.0 Å². The van der Waals surface area contributed by atoms with Crippen LogP contribution in [0.4, 0.5) is 5.69 Å². The molecular formula is C12H11BrN2O5. The van der Waals surface area contributed by atoms with E-state index in [1.807, 2.05) is 0 Å². The van der Waals surface area contributed by atoms with Gasteiger partial charge in [-0.25, -0.2) is 4.98 Å². The molecule has 1 N–H and O–H groups in total. The lowest BCUT2D eigenvalue weighted by Crippen LogP contribution is -2.04. The average Bonchev–Trinajstić information content (AvgIpc) is 2.40. The van der Waals surface area contributed by atoms with Gasteiger partial charge in [-0.1, -0.05) is 0 Å². The highest BCUT2D eigenvalue weighted by Gasteiger charge is 2.18. The lowest BCUT2D eigenvalue weighted by atomic mass is 10.2. The summed E-state index contributed by atoms with van der Waals surface area (Å²) in [5.41, 5.74) is -0.0123. The number of methoxy groups -OCH3 is 1. The molecule has 0 atom stereocenters. The van der Waals surface area contributed by atoms with Crippen LogP contribution in [0.2, 0.25) is 0 Å². The second kappa shape index (κ2) is 6.02. The largest absolute Gasteiger partial charge is 0.502 e. The van der Waals surface area contributed by atoms with Crippen LogP contribution in [0.1, 0.15) is 0 Å². The fourth-order valence-electron chi connectivity index (χ4n) is 1.65. The van der Waals surface area contributed by atoms with Gasteiger partial charge in [0, 0.05) is 7.11 Å². The molecular weight excluding hydrogens is 332 g/mol. The first-order valence-electron chi connectivity index (χ1n) is 5.62. The third-order valence-electron chi connectivity index (χ3n) is 2.62. The summed E-state index contributed by atoms with van der Waals surface area (Å²) >= 11 is 3.32. The van der Waals surface area contributed by atoms with E-state index < -0.39 is 16.4 Å². The van der Waals surface area contributed by atoms with E-state index in [0.717, 1.165) is 6.20 Å². The Bertz CT molecular complexity index is 662. The molecule has 0 saturated carbocycles. The Morgan fingerprint density at radius 2 is 2.20 bits per heavy atom. The number of hydrogen-bond donors (Lipinski definition) is 1. The van der Waals surface area contributed by atoms with Gasteiger partial charge in [0.15, 0.2) is 0 Å². The highest BCUT2D eigenvalue weighted by molar-refractivity contribution is 9.10. The zero-order chi connectivity index (χ0) is 14.7. The first-order valence-corrected chi connectivity index (χ1v) is 6.41. The van der Waals surface area contributed by atoms with Crippen molar-refractivity contribution in [3.05, 3.63) is 32.9 Å². The van der Waals surface area contributed by atoms with Crippen LogP contribution in [0.3, 0.4) is 0 Å². The molecule has 1 aromatic carbocycles. The molecule has 2 aromatic rings. The van der Waals surface area contributed by atoms with Crippen LogP contribution in [0.15, 0.2) is 22.8 Å². The Balaban J connectivity index is 2.48. The number of nitro groups is 1. The Labute approximate surface area is 122 Å². The van der Waals surface area contributed by atoms with E-state index >= 15 is 0 Å². The van der Waals surface area contributed by atoms with Gasteiger partial charge in [0.05, 0.1) is 26.9 Å². The lowest BCUT2D eigenvalue weighted by Gasteiger charge is -2.09. The van der Waals surface area contributed by atoms with Crippen molar-refractivity contribution in [3.63, 3.8) is 0 Å². The van der Waals surface area contributed by atoms with Gasteiger partial charge in [0.2, 0.25) is 5.75 Å². The van der Waals surface area contributed by atoms with Crippen LogP contribution >= 0.6 is 15.9 Å². The molecule has 0 radical (unpaired) electrons. The molecule has 0 saturated heterocycles. The van der Waals surface area contributed by atoms with Crippen molar-refractivity contribution in [2.24, 2.45) is 0 Å². The maximum Gasteiger partial charge on any atom is 0.329 e. The van der Waals surface area contributed by atoms with Crippen molar-refractivity contribution < 1.29 is 19.5 Å². The maximum absolute atomic E-state index is 10.8. The molecule has 8 heteroatoms. The number of ether oxygens (including phenoxy) is 2. The number of benzene rings is 1. The van der Waals surface area contributed by atoms with Crippen LogP contribution in [0.5, 0.6) is 11.5 Å².